The molecule has 2 rings (SSSR count). The Bertz CT molecular complexity index is 830. The van der Waals surface area contributed by atoms with Crippen molar-refractivity contribution in [3.05, 3.63) is 86.0 Å². The van der Waals surface area contributed by atoms with Crippen LogP contribution in [-0.2, 0) is 29.2 Å². The monoisotopic (exact) mass is 454 g/mol. The number of benzene rings is 2. The van der Waals surface area contributed by atoms with Crippen LogP contribution in [0.15, 0.2) is 86.0 Å². The summed E-state index contributed by atoms with van der Waals surface area (Å²) >= 11 is 0. The van der Waals surface area contributed by atoms with Crippen molar-refractivity contribution in [2.24, 2.45) is 0 Å². The Morgan fingerprint density at radius 3 is 1.28 bits per heavy atom. The molecule has 0 heterocycles. The van der Waals surface area contributed by atoms with Gasteiger partial charge in [-0.05, 0) is 11.1 Å². The van der Waals surface area contributed by atoms with E-state index in [2.05, 4.69) is 65.3 Å². The molecule has 29 heavy (non-hydrogen) atoms. The fourth-order valence-corrected chi connectivity index (χ4v) is 2.47. The Labute approximate surface area is 195 Å². The van der Waals surface area contributed by atoms with Crippen molar-refractivity contribution in [2.45, 2.75) is 0 Å². The Balaban J connectivity index is -0.000000368. The summed E-state index contributed by atoms with van der Waals surface area (Å²) in [6.45, 7) is 8.18. The van der Waals surface area contributed by atoms with Gasteiger partial charge >= 0.3 is 50.4 Å². The van der Waals surface area contributed by atoms with Crippen molar-refractivity contribution >= 4 is 20.8 Å². The van der Waals surface area contributed by atoms with Gasteiger partial charge in [0.1, 0.15) is 0 Å². The summed E-state index contributed by atoms with van der Waals surface area (Å²) < 4.78 is 60.5. The minimum atomic E-state index is -5.12. The number of hydrogen-bond donors (Lipinski definition) is 2. The van der Waals surface area contributed by atoms with Gasteiger partial charge in [-0.1, -0.05) is 72.8 Å². The predicted molar refractivity (Wildman–Crippen MR) is 108 cm³/mol. The smallest absolute Gasteiger partial charge is 1.00 e. The summed E-state index contributed by atoms with van der Waals surface area (Å²) in [6.07, 6.45) is 3.42. The molecule has 0 aromatic heterocycles. The minimum Gasteiger partial charge on any atom is -1.00 e. The fourth-order valence-electron chi connectivity index (χ4n) is 1.60. The predicted octanol–water partition coefficient (Wildman–Crippen LogP) is 0.454. The SMILES string of the molecule is C=CCOCC=C.O=S(=O)(O)OS(=O)(=O)O.[H-].[Na+].c1ccc(-c2ccccc2)cc1. The third-order valence-electron chi connectivity index (χ3n) is 2.52. The first-order chi connectivity index (χ1) is 13.1. The molecule has 0 unspecified atom stereocenters. The quantitative estimate of drug-likeness (QED) is 0.267. The molecule has 0 spiro atoms. The molecule has 0 saturated carbocycles. The molecule has 0 radical (unpaired) electrons. The zero-order chi connectivity index (χ0) is 21.5. The van der Waals surface area contributed by atoms with Crippen LogP contribution in [0.25, 0.3) is 11.1 Å². The Hall–Kier alpha value is -1.34. The Kier molecular flexibility index (Phi) is 16.9. The van der Waals surface area contributed by atoms with E-state index in [0.29, 0.717) is 13.2 Å². The van der Waals surface area contributed by atoms with E-state index >= 15 is 0 Å². The molecule has 0 bridgehead atoms. The topological polar surface area (TPSA) is 127 Å². The number of hydrogen-bond acceptors (Lipinski definition) is 6. The van der Waals surface area contributed by atoms with Gasteiger partial charge in [0.05, 0.1) is 13.2 Å². The number of ether oxygens (including phenoxy) is 1. The van der Waals surface area contributed by atoms with Crippen LogP contribution in [0.3, 0.4) is 0 Å². The summed E-state index contributed by atoms with van der Waals surface area (Å²) in [5.41, 5.74) is 2.55. The molecule has 0 aliphatic rings. The first-order valence-corrected chi connectivity index (χ1v) is 10.4. The molecule has 0 saturated heterocycles. The maximum Gasteiger partial charge on any atom is 1.00 e. The van der Waals surface area contributed by atoms with E-state index in [4.69, 9.17) is 13.8 Å². The molecule has 0 aliphatic heterocycles. The van der Waals surface area contributed by atoms with Crippen molar-refractivity contribution < 1.29 is 65.3 Å². The van der Waals surface area contributed by atoms with Crippen LogP contribution < -0.4 is 29.6 Å². The molecular weight excluding hydrogens is 431 g/mol. The standard InChI is InChI=1S/C12H10.C6H10O.Na.H2O7S2.H/c1-3-7-11(8-4-1)12-9-5-2-6-10-12;1-3-5-7-6-4-2;;1-8(2,3)7-9(4,5)6;/h1-10H;3-4H,1-2,5-6H2;;(H,1,2,3)(H,4,5,6);/q;;+1;;-1. The third kappa shape index (κ3) is 19.7. The Morgan fingerprint density at radius 1 is 0.759 bits per heavy atom. The van der Waals surface area contributed by atoms with Crippen molar-refractivity contribution in [3.8, 4) is 11.1 Å². The van der Waals surface area contributed by atoms with E-state index in [9.17, 15) is 16.8 Å². The summed E-state index contributed by atoms with van der Waals surface area (Å²) in [7, 11) is -10.2. The number of rotatable bonds is 7. The molecule has 0 amide bonds. The van der Waals surface area contributed by atoms with Gasteiger partial charge in [-0.2, -0.15) is 16.8 Å². The van der Waals surface area contributed by atoms with E-state index in [1.165, 1.54) is 11.1 Å². The summed E-state index contributed by atoms with van der Waals surface area (Å²) in [5, 5.41) is 0. The average Bonchev–Trinajstić information content (AvgIpc) is 2.62. The van der Waals surface area contributed by atoms with E-state index in [1.54, 1.807) is 12.2 Å². The zero-order valence-corrected chi connectivity index (χ0v) is 19.6. The maximum atomic E-state index is 9.44. The summed E-state index contributed by atoms with van der Waals surface area (Å²) in [6, 6.07) is 20.8. The van der Waals surface area contributed by atoms with Crippen LogP contribution in [0.5, 0.6) is 0 Å². The van der Waals surface area contributed by atoms with Crippen molar-refractivity contribution in [1.82, 2.24) is 0 Å². The second kappa shape index (κ2) is 16.5. The van der Waals surface area contributed by atoms with Crippen LogP contribution in [-0.4, -0.2) is 39.2 Å². The van der Waals surface area contributed by atoms with Crippen LogP contribution >= 0.6 is 0 Å². The summed E-state index contributed by atoms with van der Waals surface area (Å²) in [4.78, 5) is 0. The molecule has 8 nitrogen and oxygen atoms in total. The van der Waals surface area contributed by atoms with E-state index in [1.807, 2.05) is 12.1 Å². The molecule has 156 valence electrons. The van der Waals surface area contributed by atoms with Gasteiger partial charge in [-0.3, -0.25) is 9.11 Å². The van der Waals surface area contributed by atoms with Crippen LogP contribution in [0.2, 0.25) is 0 Å². The molecule has 11 heteroatoms. The largest absolute Gasteiger partial charge is 1.00 e. The van der Waals surface area contributed by atoms with Gasteiger partial charge < -0.3 is 6.16 Å². The maximum absolute atomic E-state index is 9.44. The van der Waals surface area contributed by atoms with Gasteiger partial charge in [0.25, 0.3) is 0 Å². The van der Waals surface area contributed by atoms with Crippen molar-refractivity contribution in [3.63, 3.8) is 0 Å². The van der Waals surface area contributed by atoms with Gasteiger partial charge in [0.2, 0.25) is 0 Å². The summed E-state index contributed by atoms with van der Waals surface area (Å²) in [5.74, 6) is 0. The van der Waals surface area contributed by atoms with Gasteiger partial charge in [-0.25, -0.2) is 0 Å². The molecule has 2 aromatic rings. The van der Waals surface area contributed by atoms with E-state index < -0.39 is 20.8 Å². The second-order valence-corrected chi connectivity index (χ2v) is 7.03. The first kappa shape index (κ1) is 29.9. The van der Waals surface area contributed by atoms with E-state index in [0.717, 1.165) is 0 Å². The minimum absolute atomic E-state index is 0. The molecule has 2 aromatic carbocycles. The fraction of sp³-hybridized carbons (Fsp3) is 0.111. The van der Waals surface area contributed by atoms with Crippen LogP contribution in [0, 0.1) is 0 Å². The van der Waals surface area contributed by atoms with Gasteiger partial charge in [0, 0.05) is 0 Å². The van der Waals surface area contributed by atoms with Gasteiger partial charge in [-0.15, -0.1) is 16.8 Å². The van der Waals surface area contributed by atoms with Crippen LogP contribution in [0.1, 0.15) is 1.43 Å². The molecular formula is C18H23NaO8S2. The van der Waals surface area contributed by atoms with Crippen molar-refractivity contribution in [1.29, 1.82) is 0 Å². The van der Waals surface area contributed by atoms with E-state index in [-0.39, 0.29) is 31.0 Å². The first-order valence-electron chi connectivity index (χ1n) is 7.65. The molecule has 2 N–H and O–H groups in total. The van der Waals surface area contributed by atoms with Gasteiger partial charge in [0.15, 0.2) is 0 Å². The average molecular weight is 454 g/mol. The zero-order valence-electron chi connectivity index (χ0n) is 16.9. The third-order valence-corrected chi connectivity index (χ3v) is 3.90. The molecule has 0 atom stereocenters. The van der Waals surface area contributed by atoms with Crippen molar-refractivity contribution in [2.75, 3.05) is 13.2 Å². The van der Waals surface area contributed by atoms with Crippen LogP contribution in [0.4, 0.5) is 0 Å². The molecule has 0 fully saturated rings. The normalized spacial score (nSPS) is 10.1. The molecule has 0 aliphatic carbocycles. The second-order valence-electron chi connectivity index (χ2n) is 4.77. The Morgan fingerprint density at radius 2 is 1.07 bits per heavy atom.